The molecule has 1 heterocycles. The van der Waals surface area contributed by atoms with Crippen LogP contribution in [0.4, 0.5) is 4.79 Å². The lowest BCUT2D eigenvalue weighted by Gasteiger charge is -2.19. The van der Waals surface area contributed by atoms with Crippen LogP contribution in [0.15, 0.2) is 40.8 Å². The van der Waals surface area contributed by atoms with E-state index in [9.17, 15) is 14.4 Å². The molecule has 0 unspecified atom stereocenters. The molecule has 2 aromatic rings. The molecule has 1 aromatic carbocycles. The van der Waals surface area contributed by atoms with E-state index in [4.69, 9.17) is 9.15 Å². The summed E-state index contributed by atoms with van der Waals surface area (Å²) in [7, 11) is 4.64. The van der Waals surface area contributed by atoms with Crippen LogP contribution < -0.4 is 5.32 Å². The van der Waals surface area contributed by atoms with E-state index in [1.54, 1.807) is 32.0 Å². The maximum atomic E-state index is 12.3. The summed E-state index contributed by atoms with van der Waals surface area (Å²) in [6, 6.07) is 11.0. The van der Waals surface area contributed by atoms with Crippen molar-refractivity contribution in [3.63, 3.8) is 0 Å². The fourth-order valence-corrected chi connectivity index (χ4v) is 2.79. The minimum atomic E-state index is -0.478. The Morgan fingerprint density at radius 3 is 2.41 bits per heavy atom. The molecule has 2 rings (SSSR count). The third kappa shape index (κ3) is 6.38. The zero-order valence-corrected chi connectivity index (χ0v) is 17.2. The molecule has 156 valence electrons. The fraction of sp³-hybridized carbons (Fsp3) is 0.381. The zero-order chi connectivity index (χ0) is 21.4. The first-order valence-corrected chi connectivity index (χ1v) is 9.26. The minimum absolute atomic E-state index is 0.148. The van der Waals surface area contributed by atoms with Crippen molar-refractivity contribution >= 4 is 17.9 Å². The van der Waals surface area contributed by atoms with Gasteiger partial charge in [0, 0.05) is 33.6 Å². The molecule has 0 aliphatic rings. The minimum Gasteiger partial charge on any atom is -0.465 e. The summed E-state index contributed by atoms with van der Waals surface area (Å²) < 4.78 is 10.2. The number of furan rings is 1. The van der Waals surface area contributed by atoms with Crippen molar-refractivity contribution in [3.8, 4) is 0 Å². The highest BCUT2D eigenvalue weighted by Gasteiger charge is 2.18. The van der Waals surface area contributed by atoms with E-state index in [1.165, 1.54) is 12.0 Å². The summed E-state index contributed by atoms with van der Waals surface area (Å²) in [4.78, 5) is 39.1. The summed E-state index contributed by atoms with van der Waals surface area (Å²) in [6.45, 7) is 2.60. The molecule has 8 heteroatoms. The number of urea groups is 1. The number of rotatable bonds is 8. The number of esters is 1. The first-order chi connectivity index (χ1) is 13.8. The second-order valence-electron chi connectivity index (χ2n) is 6.75. The lowest BCUT2D eigenvalue weighted by Crippen LogP contribution is -2.39. The van der Waals surface area contributed by atoms with Gasteiger partial charge in [0.05, 0.1) is 13.7 Å². The van der Waals surface area contributed by atoms with E-state index in [-0.39, 0.29) is 31.4 Å². The van der Waals surface area contributed by atoms with E-state index >= 15 is 0 Å². The van der Waals surface area contributed by atoms with Gasteiger partial charge >= 0.3 is 12.0 Å². The van der Waals surface area contributed by atoms with Gasteiger partial charge in [-0.15, -0.1) is 0 Å². The maximum Gasteiger partial charge on any atom is 0.341 e. The maximum absolute atomic E-state index is 12.3. The van der Waals surface area contributed by atoms with Gasteiger partial charge in [-0.05, 0) is 18.6 Å². The number of benzene rings is 1. The molecule has 0 radical (unpaired) electrons. The topological polar surface area (TPSA) is 92.1 Å². The Morgan fingerprint density at radius 1 is 1.07 bits per heavy atom. The number of amides is 3. The Kier molecular flexibility index (Phi) is 7.82. The molecule has 0 atom stereocenters. The van der Waals surface area contributed by atoms with Crippen molar-refractivity contribution in [1.29, 1.82) is 0 Å². The van der Waals surface area contributed by atoms with E-state index in [1.807, 2.05) is 30.3 Å². The first-order valence-electron chi connectivity index (χ1n) is 9.26. The predicted molar refractivity (Wildman–Crippen MR) is 107 cm³/mol. The van der Waals surface area contributed by atoms with Gasteiger partial charge in [-0.2, -0.15) is 0 Å². The lowest BCUT2D eigenvalue weighted by molar-refractivity contribution is -0.130. The van der Waals surface area contributed by atoms with Crippen LogP contribution in [0.3, 0.4) is 0 Å². The SMILES string of the molecule is COC(=O)c1cc(CN(C)C(=O)CCNC(=O)N(C)Cc2ccccc2)oc1C. The zero-order valence-electron chi connectivity index (χ0n) is 17.2. The molecular weight excluding hydrogens is 374 g/mol. The van der Waals surface area contributed by atoms with E-state index in [0.29, 0.717) is 23.6 Å². The predicted octanol–water partition coefficient (Wildman–Crippen LogP) is 2.56. The summed E-state index contributed by atoms with van der Waals surface area (Å²) in [6.07, 6.45) is 0.158. The third-order valence-electron chi connectivity index (χ3n) is 4.42. The molecule has 0 saturated carbocycles. The molecule has 1 aromatic heterocycles. The lowest BCUT2D eigenvalue weighted by atomic mass is 10.2. The molecular formula is C21H27N3O5. The van der Waals surface area contributed by atoms with Crippen LogP contribution in [0.2, 0.25) is 0 Å². The second-order valence-corrected chi connectivity index (χ2v) is 6.75. The average Bonchev–Trinajstić information content (AvgIpc) is 3.07. The Labute approximate surface area is 170 Å². The molecule has 1 N–H and O–H groups in total. The number of nitrogens with one attached hydrogen (secondary N) is 1. The van der Waals surface area contributed by atoms with Crippen LogP contribution >= 0.6 is 0 Å². The molecule has 29 heavy (non-hydrogen) atoms. The van der Waals surface area contributed by atoms with Crippen LogP contribution in [-0.4, -0.2) is 55.5 Å². The molecule has 0 aliphatic heterocycles. The van der Waals surface area contributed by atoms with Gasteiger partial charge in [-0.3, -0.25) is 4.79 Å². The van der Waals surface area contributed by atoms with Gasteiger partial charge < -0.3 is 24.3 Å². The number of nitrogens with zero attached hydrogens (tertiary/aromatic N) is 2. The van der Waals surface area contributed by atoms with Crippen LogP contribution in [0.5, 0.6) is 0 Å². The highest BCUT2D eigenvalue weighted by Crippen LogP contribution is 2.17. The van der Waals surface area contributed by atoms with Gasteiger partial charge in [-0.1, -0.05) is 30.3 Å². The monoisotopic (exact) mass is 401 g/mol. The number of methoxy groups -OCH3 is 1. The number of aryl methyl sites for hydroxylation is 1. The van der Waals surface area contributed by atoms with Gasteiger partial charge in [0.15, 0.2) is 0 Å². The Hall–Kier alpha value is -3.29. The third-order valence-corrected chi connectivity index (χ3v) is 4.42. The highest BCUT2D eigenvalue weighted by atomic mass is 16.5. The molecule has 0 fully saturated rings. The Balaban J connectivity index is 1.77. The summed E-state index contributed by atoms with van der Waals surface area (Å²) >= 11 is 0. The van der Waals surface area contributed by atoms with Gasteiger partial charge in [0.25, 0.3) is 0 Å². The van der Waals surface area contributed by atoms with Gasteiger partial charge in [0.2, 0.25) is 5.91 Å². The van der Waals surface area contributed by atoms with Crippen molar-refractivity contribution in [2.75, 3.05) is 27.7 Å². The van der Waals surface area contributed by atoms with Crippen molar-refractivity contribution in [1.82, 2.24) is 15.1 Å². The van der Waals surface area contributed by atoms with Crippen molar-refractivity contribution in [3.05, 3.63) is 59.0 Å². The summed E-state index contributed by atoms with van der Waals surface area (Å²) in [5.41, 5.74) is 1.37. The van der Waals surface area contributed by atoms with Crippen molar-refractivity contribution in [2.24, 2.45) is 0 Å². The quantitative estimate of drug-likeness (QED) is 0.687. The number of carbonyl (C=O) groups excluding carboxylic acids is 3. The van der Waals surface area contributed by atoms with Crippen LogP contribution in [0, 0.1) is 6.92 Å². The van der Waals surface area contributed by atoms with E-state index in [0.717, 1.165) is 5.56 Å². The molecule has 0 aliphatic carbocycles. The molecule has 0 saturated heterocycles. The fourth-order valence-electron chi connectivity index (χ4n) is 2.79. The molecule has 0 spiro atoms. The Bertz CT molecular complexity index is 847. The van der Waals surface area contributed by atoms with E-state index < -0.39 is 5.97 Å². The number of hydrogen-bond donors (Lipinski definition) is 1. The van der Waals surface area contributed by atoms with Crippen LogP contribution in [-0.2, 0) is 22.6 Å². The second kappa shape index (κ2) is 10.3. The molecule has 8 nitrogen and oxygen atoms in total. The highest BCUT2D eigenvalue weighted by molar-refractivity contribution is 5.90. The normalized spacial score (nSPS) is 10.3. The smallest absolute Gasteiger partial charge is 0.341 e. The summed E-state index contributed by atoms with van der Waals surface area (Å²) in [5.74, 6) is 0.310. The largest absolute Gasteiger partial charge is 0.465 e. The number of hydrogen-bond acceptors (Lipinski definition) is 5. The van der Waals surface area contributed by atoms with Gasteiger partial charge in [0.1, 0.15) is 17.1 Å². The first kappa shape index (κ1) is 22.0. The standard InChI is InChI=1S/C21H27N3O5/c1-15-18(20(26)28-4)12-17(29-15)14-23(2)19(25)10-11-22-21(27)24(3)13-16-8-6-5-7-9-16/h5-9,12H,10-11,13-14H2,1-4H3,(H,22,27). The molecule has 3 amide bonds. The van der Waals surface area contributed by atoms with Gasteiger partial charge in [-0.25, -0.2) is 9.59 Å². The molecule has 0 bridgehead atoms. The summed E-state index contributed by atoms with van der Waals surface area (Å²) in [5, 5.41) is 2.74. The number of ether oxygens (including phenoxy) is 1. The van der Waals surface area contributed by atoms with E-state index in [2.05, 4.69) is 5.32 Å². The Morgan fingerprint density at radius 2 is 1.76 bits per heavy atom. The number of carbonyl (C=O) groups is 3. The van der Waals surface area contributed by atoms with Crippen LogP contribution in [0.1, 0.15) is 33.9 Å². The van der Waals surface area contributed by atoms with Crippen molar-refractivity contribution in [2.45, 2.75) is 26.4 Å². The van der Waals surface area contributed by atoms with Crippen LogP contribution in [0.25, 0.3) is 0 Å². The average molecular weight is 401 g/mol. The van der Waals surface area contributed by atoms with Crippen molar-refractivity contribution < 1.29 is 23.5 Å².